The molecule has 28 heavy (non-hydrogen) atoms. The van der Waals surface area contributed by atoms with Gasteiger partial charge in [0.15, 0.2) is 0 Å². The van der Waals surface area contributed by atoms with Gasteiger partial charge in [0.1, 0.15) is 0 Å². The molecule has 1 rings (SSSR count). The first-order valence-electron chi connectivity index (χ1n) is 11.7. The van der Waals surface area contributed by atoms with Crippen LogP contribution >= 0.6 is 0 Å². The van der Waals surface area contributed by atoms with Crippen molar-refractivity contribution in [1.82, 2.24) is 10.1 Å². The Morgan fingerprint density at radius 1 is 0.643 bits per heavy atom. The number of carbonyl (C=O) groups is 1. The van der Waals surface area contributed by atoms with Crippen molar-refractivity contribution in [1.29, 1.82) is 5.41 Å². The van der Waals surface area contributed by atoms with Gasteiger partial charge in [0, 0.05) is 0 Å². The van der Waals surface area contributed by atoms with E-state index >= 15 is 0 Å². The molecule has 1 saturated heterocycles. The molecule has 0 aromatic rings. The summed E-state index contributed by atoms with van der Waals surface area (Å²) in [5.41, 5.74) is 0. The van der Waals surface area contributed by atoms with Crippen LogP contribution in [0, 0.1) is 5.41 Å². The quantitative estimate of drug-likeness (QED) is 0.257. The van der Waals surface area contributed by atoms with Crippen LogP contribution in [0.2, 0.25) is 0 Å². The summed E-state index contributed by atoms with van der Waals surface area (Å²) in [6.07, 6.45) is 20.5. The van der Waals surface area contributed by atoms with Gasteiger partial charge in [-0.3, -0.25) is 5.41 Å². The fourth-order valence-electron chi connectivity index (χ4n) is 3.58. The van der Waals surface area contributed by atoms with Crippen molar-refractivity contribution < 1.29 is 14.5 Å². The molecule has 0 aromatic carbocycles. The first-order valence-corrected chi connectivity index (χ1v) is 11.7. The maximum absolute atomic E-state index is 11.3. The summed E-state index contributed by atoms with van der Waals surface area (Å²) in [5.74, 6) is 0.100. The lowest BCUT2D eigenvalue weighted by Crippen LogP contribution is -2.51. The topological polar surface area (TPSA) is 65.9 Å². The number of unbranched alkanes of at least 4 members (excludes halogenated alkanes) is 15. The zero-order valence-electron chi connectivity index (χ0n) is 18.3. The second-order valence-electron chi connectivity index (χ2n) is 7.86. The standard InChI is InChI=1S/C22H43N3O3/c1-3-5-6-7-8-9-10-11-12-13-14-15-16-17-18-19-20-25-21(23)24(4-2)27-22(26)28-25/h23H,3-20H2,1-2H3. The molecule has 0 aromatic heterocycles. The Labute approximate surface area is 172 Å². The fraction of sp³-hybridized carbons (Fsp3) is 0.909. The Morgan fingerprint density at radius 3 is 1.46 bits per heavy atom. The highest BCUT2D eigenvalue weighted by Crippen LogP contribution is 2.15. The summed E-state index contributed by atoms with van der Waals surface area (Å²) < 4.78 is 0. The lowest BCUT2D eigenvalue weighted by molar-refractivity contribution is -0.189. The Morgan fingerprint density at radius 2 is 1.04 bits per heavy atom. The number of carbonyl (C=O) groups excluding carboxylic acids is 1. The number of hydrogen-bond donors (Lipinski definition) is 1. The summed E-state index contributed by atoms with van der Waals surface area (Å²) in [7, 11) is 0. The smallest absolute Gasteiger partial charge is 0.301 e. The van der Waals surface area contributed by atoms with Crippen LogP contribution < -0.4 is 0 Å². The summed E-state index contributed by atoms with van der Waals surface area (Å²) in [5, 5.41) is 10.5. The van der Waals surface area contributed by atoms with Crippen LogP contribution in [0.25, 0.3) is 0 Å². The van der Waals surface area contributed by atoms with E-state index in [1.54, 1.807) is 0 Å². The third-order valence-electron chi connectivity index (χ3n) is 5.34. The molecule has 1 fully saturated rings. The van der Waals surface area contributed by atoms with E-state index in [2.05, 4.69) is 6.92 Å². The van der Waals surface area contributed by atoms with Gasteiger partial charge in [0.2, 0.25) is 0 Å². The minimum Gasteiger partial charge on any atom is -0.301 e. The average Bonchev–Trinajstić information content (AvgIpc) is 2.69. The molecule has 0 atom stereocenters. The molecule has 1 aliphatic rings. The number of rotatable bonds is 18. The Kier molecular flexibility index (Phi) is 14.5. The second-order valence-corrected chi connectivity index (χ2v) is 7.86. The molecular formula is C22H43N3O3. The van der Waals surface area contributed by atoms with Crippen LogP contribution in [-0.2, 0) is 9.68 Å². The summed E-state index contributed by atoms with van der Waals surface area (Å²) >= 11 is 0. The molecule has 0 unspecified atom stereocenters. The second kappa shape index (κ2) is 16.5. The summed E-state index contributed by atoms with van der Waals surface area (Å²) in [4.78, 5) is 21.1. The van der Waals surface area contributed by atoms with Gasteiger partial charge in [-0.2, -0.15) is 14.9 Å². The summed E-state index contributed by atoms with van der Waals surface area (Å²) in [6.45, 7) is 5.11. The normalized spacial score (nSPS) is 14.4. The minimum atomic E-state index is -0.755. The Hall–Kier alpha value is -1.46. The number of nitrogens with one attached hydrogen (secondary N) is 1. The molecule has 0 amide bonds. The third kappa shape index (κ3) is 11.4. The van der Waals surface area contributed by atoms with E-state index in [0.717, 1.165) is 12.8 Å². The SMILES string of the molecule is CCCCCCCCCCCCCCCCCCN1OC(=O)ON(CC)C1=N. The van der Waals surface area contributed by atoms with E-state index < -0.39 is 6.16 Å². The fourth-order valence-corrected chi connectivity index (χ4v) is 3.58. The van der Waals surface area contributed by atoms with Gasteiger partial charge in [0.25, 0.3) is 5.96 Å². The van der Waals surface area contributed by atoms with Crippen molar-refractivity contribution in [3.63, 3.8) is 0 Å². The molecule has 1 aliphatic heterocycles. The van der Waals surface area contributed by atoms with Gasteiger partial charge in [-0.25, -0.2) is 0 Å². The van der Waals surface area contributed by atoms with Gasteiger partial charge < -0.3 is 9.68 Å². The number of nitrogens with zero attached hydrogens (tertiary/aromatic N) is 2. The van der Waals surface area contributed by atoms with Gasteiger partial charge in [0.05, 0.1) is 13.1 Å². The molecule has 164 valence electrons. The first kappa shape index (κ1) is 24.6. The predicted octanol–water partition coefficient (Wildman–Crippen LogP) is 6.80. The zero-order valence-corrected chi connectivity index (χ0v) is 18.3. The first-order chi connectivity index (χ1) is 13.7. The van der Waals surface area contributed by atoms with E-state index in [-0.39, 0.29) is 5.96 Å². The lowest BCUT2D eigenvalue weighted by Gasteiger charge is -2.33. The molecule has 6 heteroatoms. The molecule has 1 N–H and O–H groups in total. The van der Waals surface area contributed by atoms with Gasteiger partial charge >= 0.3 is 6.16 Å². The largest absolute Gasteiger partial charge is 0.559 e. The number of guanidine groups is 1. The maximum atomic E-state index is 11.3. The Bertz CT molecular complexity index is 418. The highest BCUT2D eigenvalue weighted by Gasteiger charge is 2.30. The maximum Gasteiger partial charge on any atom is 0.559 e. The van der Waals surface area contributed by atoms with Crippen LogP contribution in [0.5, 0.6) is 0 Å². The van der Waals surface area contributed by atoms with E-state index in [1.807, 2.05) is 6.92 Å². The highest BCUT2D eigenvalue weighted by atomic mass is 16.9. The Balaban J connectivity index is 1.84. The number of hydroxylamine groups is 4. The van der Waals surface area contributed by atoms with Crippen LogP contribution in [-0.4, -0.2) is 35.3 Å². The summed E-state index contributed by atoms with van der Waals surface area (Å²) in [6, 6.07) is 0. The third-order valence-corrected chi connectivity index (χ3v) is 5.34. The van der Waals surface area contributed by atoms with E-state index in [4.69, 9.17) is 15.1 Å². The van der Waals surface area contributed by atoms with Crippen LogP contribution in [0.3, 0.4) is 0 Å². The zero-order chi connectivity index (χ0) is 20.5. The molecule has 0 radical (unpaired) electrons. The van der Waals surface area contributed by atoms with Crippen molar-refractivity contribution in [3.8, 4) is 0 Å². The lowest BCUT2D eigenvalue weighted by atomic mass is 10.0. The molecule has 0 aliphatic carbocycles. The minimum absolute atomic E-state index is 0.100. The molecule has 0 bridgehead atoms. The highest BCUT2D eigenvalue weighted by molar-refractivity contribution is 5.79. The number of hydrogen-bond acceptors (Lipinski definition) is 4. The molecule has 0 spiro atoms. The predicted molar refractivity (Wildman–Crippen MR) is 114 cm³/mol. The van der Waals surface area contributed by atoms with Crippen molar-refractivity contribution in [3.05, 3.63) is 0 Å². The van der Waals surface area contributed by atoms with Crippen molar-refractivity contribution in [2.75, 3.05) is 13.1 Å². The van der Waals surface area contributed by atoms with E-state index in [1.165, 1.54) is 100 Å². The average molecular weight is 398 g/mol. The molecule has 1 heterocycles. The van der Waals surface area contributed by atoms with Crippen molar-refractivity contribution >= 4 is 12.1 Å². The van der Waals surface area contributed by atoms with E-state index in [0.29, 0.717) is 13.1 Å². The van der Waals surface area contributed by atoms with Gasteiger partial charge in [-0.1, -0.05) is 103 Å². The van der Waals surface area contributed by atoms with Crippen molar-refractivity contribution in [2.45, 2.75) is 117 Å². The monoisotopic (exact) mass is 397 g/mol. The van der Waals surface area contributed by atoms with Crippen LogP contribution in [0.4, 0.5) is 4.79 Å². The molecule has 0 saturated carbocycles. The van der Waals surface area contributed by atoms with Gasteiger partial charge in [-0.05, 0) is 13.3 Å². The van der Waals surface area contributed by atoms with Crippen LogP contribution in [0.15, 0.2) is 0 Å². The molecular weight excluding hydrogens is 354 g/mol. The molecule has 6 nitrogen and oxygen atoms in total. The van der Waals surface area contributed by atoms with Crippen LogP contribution in [0.1, 0.15) is 117 Å². The van der Waals surface area contributed by atoms with Crippen molar-refractivity contribution in [2.24, 2.45) is 0 Å². The van der Waals surface area contributed by atoms with E-state index in [9.17, 15) is 4.79 Å². The van der Waals surface area contributed by atoms with Gasteiger partial charge in [-0.15, -0.1) is 0 Å².